The zero-order valence-electron chi connectivity index (χ0n) is 13.8. The highest BCUT2D eigenvalue weighted by molar-refractivity contribution is 6.42. The number of benzene rings is 2. The molecule has 0 unspecified atom stereocenters. The molecule has 0 atom stereocenters. The number of hydrogen-bond acceptors (Lipinski definition) is 2. The van der Waals surface area contributed by atoms with Crippen LogP contribution in [-0.4, -0.2) is 10.7 Å². The van der Waals surface area contributed by atoms with Crippen LogP contribution in [0.15, 0.2) is 54.9 Å². The number of ether oxygens (including phenoxy) is 1. The Morgan fingerprint density at radius 2 is 1.92 bits per heavy atom. The van der Waals surface area contributed by atoms with Gasteiger partial charge in [0.15, 0.2) is 5.75 Å². The van der Waals surface area contributed by atoms with Crippen LogP contribution >= 0.6 is 23.2 Å². The van der Waals surface area contributed by atoms with Crippen molar-refractivity contribution in [1.82, 2.24) is 4.57 Å². The van der Waals surface area contributed by atoms with Gasteiger partial charge in [-0.15, -0.1) is 0 Å². The average molecular weight is 393 g/mol. The molecule has 0 fully saturated rings. The van der Waals surface area contributed by atoms with Gasteiger partial charge in [-0.3, -0.25) is 5.32 Å². The number of para-hydroxylation sites is 1. The lowest BCUT2D eigenvalue weighted by molar-refractivity contribution is 0.214. The second kappa shape index (κ2) is 7.81. The molecule has 1 heterocycles. The first-order chi connectivity index (χ1) is 12.5. The van der Waals surface area contributed by atoms with Crippen LogP contribution in [-0.2, 0) is 13.7 Å². The number of alkyl halides is 1. The molecule has 0 saturated carbocycles. The Bertz CT molecular complexity index is 956. The highest BCUT2D eigenvalue weighted by Crippen LogP contribution is 2.33. The molecule has 0 spiro atoms. The van der Waals surface area contributed by atoms with Crippen LogP contribution in [0.3, 0.4) is 0 Å². The van der Waals surface area contributed by atoms with Gasteiger partial charge in [-0.1, -0.05) is 47.5 Å². The van der Waals surface area contributed by atoms with Crippen molar-refractivity contribution in [2.75, 3.05) is 5.32 Å². The standard InChI is InChI=1S/C19H15Cl2FN2O2/c1-24-10-13(9-22)18(11-24)26-19(25)23-17-5-3-2-4-14(17)12-6-7-15(20)16(21)8-12/h2-8,10-11H,9H2,1H3,(H,23,25). The van der Waals surface area contributed by atoms with Gasteiger partial charge in [0.25, 0.3) is 0 Å². The SMILES string of the molecule is Cn1cc(CF)c(OC(=O)Nc2ccccc2-c2ccc(Cl)c(Cl)c2)c1. The minimum absolute atomic E-state index is 0.180. The topological polar surface area (TPSA) is 43.3 Å². The summed E-state index contributed by atoms with van der Waals surface area (Å²) in [6.45, 7) is -0.719. The lowest BCUT2D eigenvalue weighted by Gasteiger charge is -2.12. The minimum Gasteiger partial charge on any atom is -0.408 e. The Balaban J connectivity index is 1.84. The van der Waals surface area contributed by atoms with E-state index in [1.165, 1.54) is 0 Å². The number of nitrogens with zero attached hydrogens (tertiary/aromatic N) is 1. The van der Waals surface area contributed by atoms with E-state index in [-0.39, 0.29) is 5.75 Å². The van der Waals surface area contributed by atoms with Gasteiger partial charge in [0, 0.05) is 30.6 Å². The number of anilines is 1. The highest BCUT2D eigenvalue weighted by atomic mass is 35.5. The van der Waals surface area contributed by atoms with Gasteiger partial charge in [-0.05, 0) is 23.8 Å². The average Bonchev–Trinajstić information content (AvgIpc) is 2.97. The maximum atomic E-state index is 13.0. The summed E-state index contributed by atoms with van der Waals surface area (Å²) in [5, 5.41) is 3.55. The van der Waals surface area contributed by atoms with E-state index in [4.69, 9.17) is 27.9 Å². The molecule has 0 aliphatic carbocycles. The third-order valence-corrected chi connectivity index (χ3v) is 4.48. The Labute approximate surface area is 160 Å². The maximum absolute atomic E-state index is 13.0. The number of carbonyl (C=O) groups excluding carboxylic acids is 1. The lowest BCUT2D eigenvalue weighted by Crippen LogP contribution is -2.17. The van der Waals surface area contributed by atoms with Crippen molar-refractivity contribution >= 4 is 35.0 Å². The van der Waals surface area contributed by atoms with Gasteiger partial charge in [-0.2, -0.15) is 0 Å². The molecule has 1 aromatic heterocycles. The largest absolute Gasteiger partial charge is 0.417 e. The van der Waals surface area contributed by atoms with Crippen molar-refractivity contribution in [3.8, 4) is 16.9 Å². The number of rotatable bonds is 4. The van der Waals surface area contributed by atoms with E-state index in [0.717, 1.165) is 11.1 Å². The number of halogens is 3. The van der Waals surface area contributed by atoms with Gasteiger partial charge >= 0.3 is 6.09 Å². The van der Waals surface area contributed by atoms with Gasteiger partial charge in [0.05, 0.1) is 15.7 Å². The molecule has 7 heteroatoms. The third-order valence-electron chi connectivity index (χ3n) is 3.74. The summed E-state index contributed by atoms with van der Waals surface area (Å²) in [6, 6.07) is 12.4. The fourth-order valence-corrected chi connectivity index (χ4v) is 2.85. The second-order valence-corrected chi connectivity index (χ2v) is 6.45. The van der Waals surface area contributed by atoms with E-state index in [0.29, 0.717) is 21.3 Å². The molecule has 0 aliphatic rings. The fraction of sp³-hybridized carbons (Fsp3) is 0.105. The van der Waals surface area contributed by atoms with Gasteiger partial charge in [0.2, 0.25) is 0 Å². The Kier molecular flexibility index (Phi) is 5.49. The summed E-state index contributed by atoms with van der Waals surface area (Å²) in [6.07, 6.45) is 2.39. The zero-order valence-corrected chi connectivity index (χ0v) is 15.3. The van der Waals surface area contributed by atoms with E-state index in [9.17, 15) is 9.18 Å². The first-order valence-corrected chi connectivity index (χ1v) is 8.47. The van der Waals surface area contributed by atoms with Crippen LogP contribution in [0.5, 0.6) is 5.75 Å². The second-order valence-electron chi connectivity index (χ2n) is 5.64. The Hall–Kier alpha value is -2.50. The van der Waals surface area contributed by atoms with Crippen molar-refractivity contribution in [1.29, 1.82) is 0 Å². The van der Waals surface area contributed by atoms with Gasteiger partial charge in [0.1, 0.15) is 6.67 Å². The van der Waals surface area contributed by atoms with Crippen molar-refractivity contribution in [2.24, 2.45) is 7.05 Å². The van der Waals surface area contributed by atoms with E-state index in [1.54, 1.807) is 54.3 Å². The van der Waals surface area contributed by atoms with Gasteiger partial charge < -0.3 is 9.30 Å². The number of amides is 1. The van der Waals surface area contributed by atoms with E-state index in [2.05, 4.69) is 5.32 Å². The van der Waals surface area contributed by atoms with Crippen LogP contribution in [0.25, 0.3) is 11.1 Å². The van der Waals surface area contributed by atoms with Crippen LogP contribution in [0.1, 0.15) is 5.56 Å². The van der Waals surface area contributed by atoms with Crippen LogP contribution < -0.4 is 10.1 Å². The fourth-order valence-electron chi connectivity index (χ4n) is 2.55. The van der Waals surface area contributed by atoms with Crippen molar-refractivity contribution in [3.63, 3.8) is 0 Å². The lowest BCUT2D eigenvalue weighted by atomic mass is 10.0. The molecule has 26 heavy (non-hydrogen) atoms. The zero-order chi connectivity index (χ0) is 18.7. The van der Waals surface area contributed by atoms with Crippen LogP contribution in [0.4, 0.5) is 14.9 Å². The summed E-state index contributed by atoms with van der Waals surface area (Å²) in [4.78, 5) is 12.3. The quantitative estimate of drug-likeness (QED) is 0.584. The van der Waals surface area contributed by atoms with E-state index in [1.807, 2.05) is 12.1 Å². The molecule has 0 radical (unpaired) electrons. The molecule has 4 nitrogen and oxygen atoms in total. The third kappa shape index (κ3) is 4.00. The van der Waals surface area contributed by atoms with Crippen LogP contribution in [0, 0.1) is 0 Å². The summed E-state index contributed by atoms with van der Waals surface area (Å²) in [7, 11) is 1.73. The first-order valence-electron chi connectivity index (χ1n) is 7.72. The Morgan fingerprint density at radius 3 is 2.65 bits per heavy atom. The number of aromatic nitrogens is 1. The monoisotopic (exact) mass is 392 g/mol. The molecule has 3 rings (SSSR count). The first kappa shape index (κ1) is 18.3. The minimum atomic E-state index is -0.719. The molecule has 2 aromatic carbocycles. The van der Waals surface area contributed by atoms with Crippen molar-refractivity contribution in [3.05, 3.63) is 70.5 Å². The molecule has 0 saturated heterocycles. The highest BCUT2D eigenvalue weighted by Gasteiger charge is 2.14. The molecule has 3 aromatic rings. The number of carbonyl (C=O) groups is 1. The van der Waals surface area contributed by atoms with Crippen molar-refractivity contribution in [2.45, 2.75) is 6.67 Å². The predicted octanol–water partition coefficient (Wildman–Crippen LogP) is 6.08. The molecule has 1 N–H and O–H groups in total. The van der Waals surface area contributed by atoms with E-state index >= 15 is 0 Å². The molecular weight excluding hydrogens is 378 g/mol. The molecule has 134 valence electrons. The van der Waals surface area contributed by atoms with Crippen molar-refractivity contribution < 1.29 is 13.9 Å². The van der Waals surface area contributed by atoms with Gasteiger partial charge in [-0.25, -0.2) is 9.18 Å². The maximum Gasteiger partial charge on any atom is 0.417 e. The molecule has 0 bridgehead atoms. The summed E-state index contributed by atoms with van der Waals surface area (Å²) >= 11 is 12.0. The van der Waals surface area contributed by atoms with E-state index < -0.39 is 12.8 Å². The molecule has 1 amide bonds. The molecule has 0 aliphatic heterocycles. The number of hydrogen-bond donors (Lipinski definition) is 1. The number of aryl methyl sites for hydroxylation is 1. The number of nitrogens with one attached hydrogen (secondary N) is 1. The van der Waals surface area contributed by atoms with Crippen LogP contribution in [0.2, 0.25) is 10.0 Å². The molecular formula is C19H15Cl2FN2O2. The predicted molar refractivity (Wildman–Crippen MR) is 102 cm³/mol. The summed E-state index contributed by atoms with van der Waals surface area (Å²) in [5.74, 6) is 0.180. The normalized spacial score (nSPS) is 10.6. The summed E-state index contributed by atoms with van der Waals surface area (Å²) in [5.41, 5.74) is 2.38. The smallest absolute Gasteiger partial charge is 0.408 e. The summed E-state index contributed by atoms with van der Waals surface area (Å²) < 4.78 is 19.8. The Morgan fingerprint density at radius 1 is 1.15 bits per heavy atom.